The summed E-state index contributed by atoms with van der Waals surface area (Å²) in [5.41, 5.74) is -2.16. The van der Waals surface area contributed by atoms with Gasteiger partial charge in [-0.15, -0.1) is 0 Å². The topological polar surface area (TPSA) is 139 Å². The molecule has 9 heteroatoms. The number of hydrogen-bond acceptors (Lipinski definition) is 7. The molecule has 0 spiro atoms. The van der Waals surface area contributed by atoms with Gasteiger partial charge in [0.15, 0.2) is 11.5 Å². The molecule has 144 valence electrons. The van der Waals surface area contributed by atoms with Crippen molar-refractivity contribution in [2.24, 2.45) is 0 Å². The largest absolute Gasteiger partial charge is 0.504 e. The number of Topliss-reactive ketones (excluding diaryl/α,β-unsaturated/α-hetero) is 1. The van der Waals surface area contributed by atoms with Crippen LogP contribution in [-0.2, 0) is 21.6 Å². The van der Waals surface area contributed by atoms with Crippen molar-refractivity contribution in [3.05, 3.63) is 53.3 Å². The highest BCUT2D eigenvalue weighted by Crippen LogP contribution is 2.44. The van der Waals surface area contributed by atoms with Gasteiger partial charge < -0.3 is 20.4 Å². The molecular formula is C18H18FNO7. The van der Waals surface area contributed by atoms with Gasteiger partial charge in [-0.2, -0.15) is 0 Å². The third-order valence-corrected chi connectivity index (χ3v) is 4.03. The summed E-state index contributed by atoms with van der Waals surface area (Å²) in [5.74, 6) is -5.44. The minimum atomic E-state index is -2.20. The quantitative estimate of drug-likeness (QED) is 0.220. The number of hydrogen-bond donors (Lipinski definition) is 5. The molecule has 0 aromatic heterocycles. The average Bonchev–Trinajstić information content (AvgIpc) is 2.60. The second kappa shape index (κ2) is 7.60. The van der Waals surface area contributed by atoms with Crippen molar-refractivity contribution in [3.8, 4) is 17.2 Å². The normalized spacial score (nSPS) is 13.0. The minimum Gasteiger partial charge on any atom is -0.504 e. The first-order chi connectivity index (χ1) is 12.5. The Bertz CT molecular complexity index is 867. The van der Waals surface area contributed by atoms with Gasteiger partial charge in [-0.05, 0) is 29.8 Å². The van der Waals surface area contributed by atoms with Gasteiger partial charge in [0, 0.05) is 25.5 Å². The fourth-order valence-corrected chi connectivity index (χ4v) is 2.66. The predicted octanol–water partition coefficient (Wildman–Crippen LogP) is 1.18. The Hall–Kier alpha value is -3.17. The minimum absolute atomic E-state index is 0.0504. The second-order valence-electron chi connectivity index (χ2n) is 6.09. The van der Waals surface area contributed by atoms with E-state index >= 15 is 0 Å². The Morgan fingerprint density at radius 2 is 1.63 bits per heavy atom. The summed E-state index contributed by atoms with van der Waals surface area (Å²) in [4.78, 5) is 23.8. The summed E-state index contributed by atoms with van der Waals surface area (Å²) >= 11 is 0. The summed E-state index contributed by atoms with van der Waals surface area (Å²) in [7, 11) is 0.934. The number of benzene rings is 2. The van der Waals surface area contributed by atoms with E-state index in [1.165, 1.54) is 12.1 Å². The second-order valence-corrected chi connectivity index (χ2v) is 6.09. The Morgan fingerprint density at radius 3 is 2.19 bits per heavy atom. The van der Waals surface area contributed by atoms with E-state index in [1.54, 1.807) is 0 Å². The summed E-state index contributed by atoms with van der Waals surface area (Å²) in [5, 5.41) is 49.6. The number of amides is 1. The van der Waals surface area contributed by atoms with Crippen LogP contribution in [0.1, 0.15) is 17.5 Å². The molecule has 0 saturated heterocycles. The number of likely N-dealkylation sites (N-methyl/N-ethyl adjacent to an activating group) is 1. The van der Waals surface area contributed by atoms with E-state index in [0.29, 0.717) is 5.56 Å². The molecule has 27 heavy (non-hydrogen) atoms. The van der Waals surface area contributed by atoms with Gasteiger partial charge in [-0.3, -0.25) is 14.8 Å². The maximum Gasteiger partial charge on any atom is 0.313 e. The van der Waals surface area contributed by atoms with Crippen molar-refractivity contribution in [1.29, 1.82) is 0 Å². The molecular weight excluding hydrogens is 361 g/mol. The number of phenolic OH excluding ortho intramolecular Hbond substituents is 3. The van der Waals surface area contributed by atoms with Crippen molar-refractivity contribution in [2.45, 2.75) is 18.4 Å². The van der Waals surface area contributed by atoms with E-state index < -0.39 is 46.8 Å². The van der Waals surface area contributed by atoms with E-state index in [1.807, 2.05) is 0 Å². The third kappa shape index (κ3) is 4.33. The Kier molecular flexibility index (Phi) is 5.67. The van der Waals surface area contributed by atoms with Gasteiger partial charge in [-0.1, -0.05) is 12.1 Å². The van der Waals surface area contributed by atoms with Crippen molar-refractivity contribution in [1.82, 2.24) is 5.06 Å². The molecule has 8 nitrogen and oxygen atoms in total. The average molecular weight is 379 g/mol. The van der Waals surface area contributed by atoms with Crippen LogP contribution in [-0.4, -0.2) is 49.4 Å². The number of nitrogens with zero attached hydrogens (tertiary/aromatic N) is 1. The van der Waals surface area contributed by atoms with Crippen molar-refractivity contribution in [3.63, 3.8) is 0 Å². The standard InChI is InChI=1S/C18H18FNO7/c1-20(27)17(25)14(22)9-18(26,8-10-2-4-11(19)5-3-10)12-6-7-13(21)16(24)15(12)23/h2-7,21,23-24,26-27H,8-9H2,1H3/t18-/m1/s1. The number of ketones is 1. The van der Waals surface area contributed by atoms with Crippen LogP contribution in [0.5, 0.6) is 17.2 Å². The summed E-state index contributed by atoms with van der Waals surface area (Å²) in [6.45, 7) is 0. The molecule has 0 fully saturated rings. The first-order valence-corrected chi connectivity index (χ1v) is 7.76. The van der Waals surface area contributed by atoms with Crippen LogP contribution in [0, 0.1) is 5.82 Å². The molecule has 0 unspecified atom stereocenters. The predicted molar refractivity (Wildman–Crippen MR) is 89.6 cm³/mol. The molecule has 2 aromatic rings. The number of carbonyl (C=O) groups is 2. The fraction of sp³-hybridized carbons (Fsp3) is 0.222. The van der Waals surface area contributed by atoms with Crippen LogP contribution in [0.25, 0.3) is 0 Å². The summed E-state index contributed by atoms with van der Waals surface area (Å²) in [6, 6.07) is 6.99. The van der Waals surface area contributed by atoms with Gasteiger partial charge in [-0.25, -0.2) is 9.45 Å². The zero-order valence-corrected chi connectivity index (χ0v) is 14.3. The third-order valence-electron chi connectivity index (χ3n) is 4.03. The van der Waals surface area contributed by atoms with Crippen LogP contribution in [0.4, 0.5) is 4.39 Å². The SMILES string of the molecule is CN(O)C(=O)C(=O)C[C@](O)(Cc1ccc(F)cc1)c1ccc(O)c(O)c1O. The molecule has 0 aliphatic heterocycles. The van der Waals surface area contributed by atoms with E-state index in [-0.39, 0.29) is 17.0 Å². The zero-order chi connectivity index (χ0) is 20.4. The lowest BCUT2D eigenvalue weighted by Gasteiger charge is -2.29. The smallest absolute Gasteiger partial charge is 0.313 e. The first kappa shape index (κ1) is 20.1. The Morgan fingerprint density at radius 1 is 1.04 bits per heavy atom. The molecule has 0 radical (unpaired) electrons. The first-order valence-electron chi connectivity index (χ1n) is 7.76. The number of phenols is 3. The maximum atomic E-state index is 13.1. The van der Waals surface area contributed by atoms with Crippen molar-refractivity contribution in [2.75, 3.05) is 7.05 Å². The molecule has 1 atom stereocenters. The summed E-state index contributed by atoms with van der Waals surface area (Å²) < 4.78 is 13.1. The highest BCUT2D eigenvalue weighted by Gasteiger charge is 2.38. The van der Waals surface area contributed by atoms with E-state index in [0.717, 1.165) is 31.3 Å². The van der Waals surface area contributed by atoms with Crippen molar-refractivity contribution >= 4 is 11.7 Å². The van der Waals surface area contributed by atoms with E-state index in [9.17, 15) is 34.4 Å². The molecule has 0 saturated carbocycles. The fourth-order valence-electron chi connectivity index (χ4n) is 2.66. The lowest BCUT2D eigenvalue weighted by atomic mass is 9.82. The lowest BCUT2D eigenvalue weighted by molar-refractivity contribution is -0.167. The Labute approximate surface area is 153 Å². The molecule has 0 heterocycles. The number of aliphatic hydroxyl groups is 1. The number of carbonyl (C=O) groups excluding carboxylic acids is 2. The molecule has 0 aliphatic carbocycles. The van der Waals surface area contributed by atoms with Gasteiger partial charge >= 0.3 is 5.91 Å². The van der Waals surface area contributed by atoms with Crippen LogP contribution < -0.4 is 0 Å². The van der Waals surface area contributed by atoms with Gasteiger partial charge in [0.2, 0.25) is 11.5 Å². The number of halogens is 1. The van der Waals surface area contributed by atoms with Gasteiger partial charge in [0.05, 0.1) is 0 Å². The molecule has 2 aromatic carbocycles. The van der Waals surface area contributed by atoms with Gasteiger partial charge in [0.1, 0.15) is 11.4 Å². The molecule has 5 N–H and O–H groups in total. The monoisotopic (exact) mass is 379 g/mol. The van der Waals surface area contributed by atoms with Crippen LogP contribution in [0.15, 0.2) is 36.4 Å². The zero-order valence-electron chi connectivity index (χ0n) is 14.3. The number of hydroxylamine groups is 2. The molecule has 2 rings (SSSR count). The van der Waals surface area contributed by atoms with Gasteiger partial charge in [0.25, 0.3) is 0 Å². The summed E-state index contributed by atoms with van der Waals surface area (Å²) in [6.07, 6.45) is -1.19. The highest BCUT2D eigenvalue weighted by atomic mass is 19.1. The van der Waals surface area contributed by atoms with Crippen molar-refractivity contribution < 1.29 is 39.6 Å². The number of aromatic hydroxyl groups is 3. The van der Waals surface area contributed by atoms with Crippen LogP contribution in [0.2, 0.25) is 0 Å². The van der Waals surface area contributed by atoms with E-state index in [2.05, 4.69) is 0 Å². The molecule has 0 aliphatic rings. The van der Waals surface area contributed by atoms with E-state index in [4.69, 9.17) is 5.21 Å². The Balaban J connectivity index is 2.50. The van der Waals surface area contributed by atoms with Crippen LogP contribution >= 0.6 is 0 Å². The number of rotatable bonds is 6. The highest BCUT2D eigenvalue weighted by molar-refractivity contribution is 6.35. The maximum absolute atomic E-state index is 13.1. The molecule has 0 bridgehead atoms. The lowest BCUT2D eigenvalue weighted by Crippen LogP contribution is -2.38. The van der Waals surface area contributed by atoms with Crippen LogP contribution in [0.3, 0.4) is 0 Å². The molecule has 1 amide bonds.